The summed E-state index contributed by atoms with van der Waals surface area (Å²) in [5, 5.41) is 3.47. The molecule has 0 aromatic rings. The largest absolute Gasteiger partial charge is 0.368 e. The van der Waals surface area contributed by atoms with Crippen molar-refractivity contribution in [3.8, 4) is 0 Å². The molecule has 0 radical (unpaired) electrons. The van der Waals surface area contributed by atoms with Crippen LogP contribution in [0.2, 0.25) is 0 Å². The van der Waals surface area contributed by atoms with E-state index in [1.165, 1.54) is 54.5 Å². The number of nitrogens with one attached hydrogen (secondary N) is 1. The molecule has 1 unspecified atom stereocenters. The molecule has 26 heavy (non-hydrogen) atoms. The van der Waals surface area contributed by atoms with Crippen molar-refractivity contribution in [2.24, 2.45) is 15.7 Å². The van der Waals surface area contributed by atoms with Crippen LogP contribution in [0.15, 0.2) is 44.1 Å². The van der Waals surface area contributed by atoms with Gasteiger partial charge in [-0.15, -0.1) is 0 Å². The van der Waals surface area contributed by atoms with Gasteiger partial charge in [-0.05, 0) is 62.5 Å². The molecule has 2 aliphatic heterocycles. The monoisotopic (exact) mass is 351 g/mol. The number of allylic oxidation sites excluding steroid dienone is 5. The molecule has 1 fully saturated rings. The molecule has 5 aliphatic rings. The van der Waals surface area contributed by atoms with Gasteiger partial charge in [-0.1, -0.05) is 11.6 Å². The summed E-state index contributed by atoms with van der Waals surface area (Å²) in [7, 11) is 0. The fraction of sp³-hybridized carbons (Fsp3) is 0.619. The quantitative estimate of drug-likeness (QED) is 0.763. The zero-order valence-electron chi connectivity index (χ0n) is 15.6. The van der Waals surface area contributed by atoms with Gasteiger partial charge in [0.1, 0.15) is 0 Å². The van der Waals surface area contributed by atoms with Gasteiger partial charge < -0.3 is 11.1 Å². The summed E-state index contributed by atoms with van der Waals surface area (Å²) in [5.41, 5.74) is 14.5. The zero-order chi connectivity index (χ0) is 17.5. The van der Waals surface area contributed by atoms with E-state index in [1.54, 1.807) is 5.57 Å². The van der Waals surface area contributed by atoms with E-state index in [0.29, 0.717) is 12.0 Å². The van der Waals surface area contributed by atoms with E-state index in [-0.39, 0.29) is 0 Å². The Kier molecular flexibility index (Phi) is 4.29. The van der Waals surface area contributed by atoms with Crippen molar-refractivity contribution in [3.05, 3.63) is 34.1 Å². The highest BCUT2D eigenvalue weighted by atomic mass is 15.2. The van der Waals surface area contributed by atoms with Gasteiger partial charge in [0.15, 0.2) is 0 Å². The van der Waals surface area contributed by atoms with Gasteiger partial charge in [0, 0.05) is 31.8 Å². The molecule has 0 aromatic carbocycles. The molecular formula is C21H29N5. The van der Waals surface area contributed by atoms with Gasteiger partial charge in [-0.2, -0.15) is 0 Å². The lowest BCUT2D eigenvalue weighted by Gasteiger charge is -2.38. The van der Waals surface area contributed by atoms with Crippen LogP contribution in [0.5, 0.6) is 0 Å². The molecule has 5 rings (SSSR count). The van der Waals surface area contributed by atoms with Gasteiger partial charge in [-0.3, -0.25) is 4.90 Å². The number of fused-ring (bicyclic) bond motifs is 3. The molecule has 0 aromatic heterocycles. The summed E-state index contributed by atoms with van der Waals surface area (Å²) in [6, 6.07) is 0.400. The average molecular weight is 351 g/mol. The number of guanidine groups is 1. The van der Waals surface area contributed by atoms with Crippen LogP contribution in [0.4, 0.5) is 0 Å². The molecular weight excluding hydrogens is 322 g/mol. The number of rotatable bonds is 1. The van der Waals surface area contributed by atoms with Crippen LogP contribution in [0.1, 0.15) is 51.4 Å². The Balaban J connectivity index is 1.56. The standard InChI is InChI=1S/C21H29N5/c22-21-24-19-15-5-2-1-4-14(15)8-9-17(19)16-6-3-7-18(20(16)25-21)26-12-10-23-11-13-26/h9,18,23H,1-8,10-13H2,(H2,22,25). The highest BCUT2D eigenvalue weighted by Crippen LogP contribution is 2.41. The third-order valence-electron chi connectivity index (χ3n) is 6.58. The van der Waals surface area contributed by atoms with Gasteiger partial charge in [0.05, 0.1) is 17.5 Å². The van der Waals surface area contributed by atoms with Crippen LogP contribution in [-0.2, 0) is 0 Å². The second-order valence-corrected chi connectivity index (χ2v) is 8.10. The lowest BCUT2D eigenvalue weighted by molar-refractivity contribution is 0.179. The summed E-state index contributed by atoms with van der Waals surface area (Å²) in [6.45, 7) is 4.33. The number of piperazine rings is 1. The van der Waals surface area contributed by atoms with Crippen LogP contribution in [0.3, 0.4) is 0 Å². The first-order valence-electron chi connectivity index (χ1n) is 10.3. The molecule has 3 aliphatic carbocycles. The normalized spacial score (nSPS) is 29.8. The fourth-order valence-electron chi connectivity index (χ4n) is 5.32. The average Bonchev–Trinajstić information content (AvgIpc) is 2.84. The number of nitrogens with zero attached hydrogens (tertiary/aromatic N) is 3. The SMILES string of the molecule is NC1=NC2=C(CCCC2N2CCNCC2)C2=CCC3=C(CCCC3)C2=N1. The maximum absolute atomic E-state index is 6.31. The van der Waals surface area contributed by atoms with Crippen LogP contribution < -0.4 is 11.1 Å². The lowest BCUT2D eigenvalue weighted by atomic mass is 9.76. The molecule has 1 atom stereocenters. The number of hydrogen-bond acceptors (Lipinski definition) is 5. The van der Waals surface area contributed by atoms with E-state index in [9.17, 15) is 0 Å². The molecule has 1 saturated heterocycles. The number of aliphatic imine (C=N–C) groups is 2. The maximum atomic E-state index is 6.31. The Hall–Kier alpha value is -1.72. The minimum absolute atomic E-state index is 0.400. The topological polar surface area (TPSA) is 66.0 Å². The van der Waals surface area contributed by atoms with Crippen molar-refractivity contribution in [2.75, 3.05) is 26.2 Å². The van der Waals surface area contributed by atoms with Gasteiger partial charge in [0.2, 0.25) is 5.96 Å². The molecule has 0 spiro atoms. The molecule has 0 bridgehead atoms. The van der Waals surface area contributed by atoms with Crippen molar-refractivity contribution >= 4 is 11.7 Å². The van der Waals surface area contributed by atoms with Crippen LogP contribution in [0.25, 0.3) is 0 Å². The van der Waals surface area contributed by atoms with Gasteiger partial charge >= 0.3 is 0 Å². The Morgan fingerprint density at radius 2 is 1.81 bits per heavy atom. The summed E-state index contributed by atoms with van der Waals surface area (Å²) in [4.78, 5) is 12.3. The van der Waals surface area contributed by atoms with Crippen LogP contribution in [-0.4, -0.2) is 48.8 Å². The van der Waals surface area contributed by atoms with Crippen molar-refractivity contribution in [1.29, 1.82) is 0 Å². The Morgan fingerprint density at radius 3 is 2.69 bits per heavy atom. The molecule has 138 valence electrons. The highest BCUT2D eigenvalue weighted by molar-refractivity contribution is 6.20. The summed E-state index contributed by atoms with van der Waals surface area (Å²) >= 11 is 0. The van der Waals surface area contributed by atoms with E-state index in [2.05, 4.69) is 16.3 Å². The minimum atomic E-state index is 0.400. The van der Waals surface area contributed by atoms with E-state index in [1.807, 2.05) is 0 Å². The predicted octanol–water partition coefficient (Wildman–Crippen LogP) is 2.67. The Morgan fingerprint density at radius 1 is 1.00 bits per heavy atom. The van der Waals surface area contributed by atoms with Gasteiger partial charge in [-0.25, -0.2) is 9.98 Å². The summed E-state index contributed by atoms with van der Waals surface area (Å²) < 4.78 is 0. The third-order valence-corrected chi connectivity index (χ3v) is 6.58. The minimum Gasteiger partial charge on any atom is -0.368 e. The van der Waals surface area contributed by atoms with E-state index in [0.717, 1.165) is 51.2 Å². The predicted molar refractivity (Wildman–Crippen MR) is 106 cm³/mol. The van der Waals surface area contributed by atoms with E-state index in [4.69, 9.17) is 15.7 Å². The lowest BCUT2D eigenvalue weighted by Crippen LogP contribution is -2.49. The number of nitrogens with two attached hydrogens (primary N) is 1. The second kappa shape index (κ2) is 6.78. The highest BCUT2D eigenvalue weighted by Gasteiger charge is 2.35. The van der Waals surface area contributed by atoms with E-state index < -0.39 is 0 Å². The first kappa shape index (κ1) is 16.5. The van der Waals surface area contributed by atoms with Crippen LogP contribution in [0, 0.1) is 0 Å². The molecule has 5 nitrogen and oxygen atoms in total. The molecule has 5 heteroatoms. The smallest absolute Gasteiger partial charge is 0.220 e. The molecule has 0 amide bonds. The van der Waals surface area contributed by atoms with Crippen molar-refractivity contribution in [1.82, 2.24) is 10.2 Å². The molecule has 2 heterocycles. The van der Waals surface area contributed by atoms with Crippen molar-refractivity contribution < 1.29 is 0 Å². The maximum Gasteiger partial charge on any atom is 0.220 e. The first-order valence-corrected chi connectivity index (χ1v) is 10.3. The van der Waals surface area contributed by atoms with Crippen molar-refractivity contribution in [2.45, 2.75) is 57.4 Å². The summed E-state index contributed by atoms with van der Waals surface area (Å²) in [6.07, 6.45) is 12.0. The molecule has 3 N–H and O–H groups in total. The van der Waals surface area contributed by atoms with E-state index >= 15 is 0 Å². The Bertz CT molecular complexity index is 761. The van der Waals surface area contributed by atoms with Crippen molar-refractivity contribution in [3.63, 3.8) is 0 Å². The van der Waals surface area contributed by atoms with Crippen LogP contribution >= 0.6 is 0 Å². The molecule has 0 saturated carbocycles. The number of hydrogen-bond donors (Lipinski definition) is 2. The first-order chi connectivity index (χ1) is 12.8. The zero-order valence-corrected chi connectivity index (χ0v) is 15.6. The van der Waals surface area contributed by atoms with Gasteiger partial charge in [0.25, 0.3) is 0 Å². The summed E-state index contributed by atoms with van der Waals surface area (Å²) in [5.74, 6) is 0.456. The second-order valence-electron chi connectivity index (χ2n) is 8.10. The Labute approximate surface area is 155 Å². The third kappa shape index (κ3) is 2.78. The fourth-order valence-corrected chi connectivity index (χ4v) is 5.32.